The Bertz CT molecular complexity index is 1260. The number of halogens is 4. The lowest BCUT2D eigenvalue weighted by Crippen LogP contribution is -2.60. The number of pyridine rings is 1. The number of ether oxygens (including phenoxy) is 1. The number of anilines is 1. The van der Waals surface area contributed by atoms with Gasteiger partial charge >= 0.3 is 12.1 Å². The van der Waals surface area contributed by atoms with E-state index in [9.17, 15) is 32.3 Å². The molecule has 3 fully saturated rings. The van der Waals surface area contributed by atoms with Crippen molar-refractivity contribution >= 4 is 17.6 Å². The molecule has 0 radical (unpaired) electrons. The fourth-order valence-corrected chi connectivity index (χ4v) is 5.93. The molecule has 0 bridgehead atoms. The van der Waals surface area contributed by atoms with Crippen LogP contribution in [0.5, 0.6) is 0 Å². The summed E-state index contributed by atoms with van der Waals surface area (Å²) in [4.78, 5) is 32.7. The van der Waals surface area contributed by atoms with Crippen molar-refractivity contribution in [3.05, 3.63) is 59.2 Å². The quantitative estimate of drug-likeness (QED) is 0.490. The Balaban J connectivity index is 1.18. The summed E-state index contributed by atoms with van der Waals surface area (Å²) in [7, 11) is 0. The zero-order valence-corrected chi connectivity index (χ0v) is 22.1. The Hall–Kier alpha value is -3.25. The summed E-state index contributed by atoms with van der Waals surface area (Å²) in [6.45, 7) is 4.35. The molecule has 1 amide bonds. The molecule has 2 saturated heterocycles. The van der Waals surface area contributed by atoms with Crippen LogP contribution in [-0.2, 0) is 22.3 Å². The molecular formula is C28H32F4N4O4. The summed E-state index contributed by atoms with van der Waals surface area (Å²) in [5.74, 6) is -2.28. The maximum absolute atomic E-state index is 13.9. The van der Waals surface area contributed by atoms with Crippen molar-refractivity contribution < 1.29 is 37.0 Å². The Kier molecular flexibility index (Phi) is 7.75. The number of aromatic nitrogens is 1. The van der Waals surface area contributed by atoms with Crippen molar-refractivity contribution in [1.29, 1.82) is 0 Å². The third-order valence-corrected chi connectivity index (χ3v) is 8.27. The van der Waals surface area contributed by atoms with Gasteiger partial charge in [-0.3, -0.25) is 14.7 Å². The molecule has 2 aromatic rings. The average molecular weight is 565 g/mol. The SMILES string of the molecule is CC1CN([C@@H]2CC[C@@](C(=O)NCc3cncc(C(F)(F)F)c3)(C3CC3)OC2)CCN1c1ccc(F)c(C(=O)O)c1. The lowest BCUT2D eigenvalue weighted by molar-refractivity contribution is -0.165. The molecule has 5 rings (SSSR count). The van der Waals surface area contributed by atoms with Crippen molar-refractivity contribution in [2.24, 2.45) is 5.92 Å². The Morgan fingerprint density at radius 2 is 1.95 bits per heavy atom. The zero-order chi connectivity index (χ0) is 28.7. The van der Waals surface area contributed by atoms with Crippen molar-refractivity contribution in [1.82, 2.24) is 15.2 Å². The highest BCUT2D eigenvalue weighted by Gasteiger charge is 2.54. The number of hydrogen-bond donors (Lipinski definition) is 2. The van der Waals surface area contributed by atoms with E-state index in [1.165, 1.54) is 18.3 Å². The van der Waals surface area contributed by atoms with E-state index in [0.29, 0.717) is 38.3 Å². The van der Waals surface area contributed by atoms with Gasteiger partial charge in [0, 0.05) is 56.3 Å². The smallest absolute Gasteiger partial charge is 0.417 e. The molecule has 2 N–H and O–H groups in total. The van der Waals surface area contributed by atoms with E-state index in [1.807, 2.05) is 6.92 Å². The van der Waals surface area contributed by atoms with Crippen LogP contribution in [0.15, 0.2) is 36.7 Å². The highest BCUT2D eigenvalue weighted by atomic mass is 19.4. The van der Waals surface area contributed by atoms with Crippen LogP contribution in [0.25, 0.3) is 0 Å². The van der Waals surface area contributed by atoms with Crippen LogP contribution in [0.2, 0.25) is 0 Å². The zero-order valence-electron chi connectivity index (χ0n) is 22.1. The standard InChI is InChI=1S/C28H32F4N4O4/c1-17-15-35(8-9-36(17)21-4-5-24(29)23(11-21)25(37)38)22-6-7-27(40-16-22,19-2-3-19)26(39)34-13-18-10-20(14-33-12-18)28(30,31)32/h4-5,10-12,14,17,19,22H,2-3,6-9,13,15-16H2,1H3,(H,34,39)(H,37,38)/t17?,22-,27+/m1/s1. The van der Waals surface area contributed by atoms with Gasteiger partial charge in [0.15, 0.2) is 0 Å². The predicted octanol–water partition coefficient (Wildman–Crippen LogP) is 4.09. The molecule has 8 nitrogen and oxygen atoms in total. The summed E-state index contributed by atoms with van der Waals surface area (Å²) in [6, 6.07) is 5.27. The van der Waals surface area contributed by atoms with Gasteiger partial charge in [0.1, 0.15) is 11.4 Å². The average Bonchev–Trinajstić information content (AvgIpc) is 3.78. The second kappa shape index (κ2) is 11.0. The van der Waals surface area contributed by atoms with E-state index in [-0.39, 0.29) is 41.6 Å². The van der Waals surface area contributed by atoms with Crippen LogP contribution in [-0.4, -0.2) is 70.8 Å². The molecule has 1 aromatic heterocycles. The summed E-state index contributed by atoms with van der Waals surface area (Å²) in [5, 5.41) is 12.1. The predicted molar refractivity (Wildman–Crippen MR) is 137 cm³/mol. The lowest BCUT2D eigenvalue weighted by atomic mass is 9.85. The Labute approximate surface area is 229 Å². The monoisotopic (exact) mass is 564 g/mol. The van der Waals surface area contributed by atoms with E-state index < -0.39 is 29.1 Å². The van der Waals surface area contributed by atoms with E-state index in [2.05, 4.69) is 20.1 Å². The Morgan fingerprint density at radius 3 is 2.58 bits per heavy atom. The Morgan fingerprint density at radius 1 is 1.18 bits per heavy atom. The van der Waals surface area contributed by atoms with Crippen molar-refractivity contribution in [2.75, 3.05) is 31.1 Å². The number of carbonyl (C=O) groups excluding carboxylic acids is 1. The van der Waals surface area contributed by atoms with Gasteiger partial charge in [-0.05, 0) is 68.4 Å². The summed E-state index contributed by atoms with van der Waals surface area (Å²) >= 11 is 0. The van der Waals surface area contributed by atoms with Crippen LogP contribution >= 0.6 is 0 Å². The van der Waals surface area contributed by atoms with Crippen LogP contribution in [0, 0.1) is 11.7 Å². The van der Waals surface area contributed by atoms with Gasteiger partial charge in [0.25, 0.3) is 5.91 Å². The highest BCUT2D eigenvalue weighted by molar-refractivity contribution is 5.89. The minimum absolute atomic E-state index is 0.0420. The van der Waals surface area contributed by atoms with Crippen LogP contribution in [0.4, 0.5) is 23.2 Å². The number of rotatable bonds is 7. The highest BCUT2D eigenvalue weighted by Crippen LogP contribution is 2.47. The molecule has 1 aliphatic carbocycles. The number of carboxylic acid groups (broad SMARTS) is 1. The van der Waals surface area contributed by atoms with Gasteiger partial charge in [-0.25, -0.2) is 9.18 Å². The van der Waals surface area contributed by atoms with E-state index in [0.717, 1.165) is 31.5 Å². The molecule has 216 valence electrons. The first-order valence-electron chi connectivity index (χ1n) is 13.4. The number of benzene rings is 1. The first-order chi connectivity index (χ1) is 19.0. The number of hydrogen-bond acceptors (Lipinski definition) is 6. The van der Waals surface area contributed by atoms with Gasteiger partial charge in [0.05, 0.1) is 17.7 Å². The van der Waals surface area contributed by atoms with Gasteiger partial charge in [0.2, 0.25) is 0 Å². The van der Waals surface area contributed by atoms with Crippen LogP contribution in [0.3, 0.4) is 0 Å². The fraction of sp³-hybridized carbons (Fsp3) is 0.536. The molecule has 0 spiro atoms. The number of carboxylic acids is 1. The molecule has 3 atom stereocenters. The minimum atomic E-state index is -4.51. The number of piperazine rings is 1. The minimum Gasteiger partial charge on any atom is -0.478 e. The maximum Gasteiger partial charge on any atom is 0.417 e. The second-order valence-electron chi connectivity index (χ2n) is 10.9. The number of nitrogens with one attached hydrogen (secondary N) is 1. The topological polar surface area (TPSA) is 95.0 Å². The van der Waals surface area contributed by atoms with Crippen molar-refractivity contribution in [3.63, 3.8) is 0 Å². The molecule has 1 unspecified atom stereocenters. The molecule has 3 aliphatic rings. The number of carbonyl (C=O) groups is 2. The molecular weight excluding hydrogens is 532 g/mol. The van der Waals surface area contributed by atoms with E-state index in [1.54, 1.807) is 6.07 Å². The summed E-state index contributed by atoms with van der Waals surface area (Å²) in [5.41, 5.74) is -1.27. The van der Waals surface area contributed by atoms with Crippen molar-refractivity contribution in [2.45, 2.75) is 63.0 Å². The third kappa shape index (κ3) is 5.78. The first-order valence-corrected chi connectivity index (χ1v) is 13.4. The summed E-state index contributed by atoms with van der Waals surface area (Å²) < 4.78 is 59.3. The largest absolute Gasteiger partial charge is 0.478 e. The normalized spacial score (nSPS) is 26.0. The van der Waals surface area contributed by atoms with Gasteiger partial charge in [-0.2, -0.15) is 13.2 Å². The van der Waals surface area contributed by atoms with E-state index in [4.69, 9.17) is 4.74 Å². The molecule has 1 saturated carbocycles. The molecule has 2 aliphatic heterocycles. The molecule has 1 aromatic carbocycles. The van der Waals surface area contributed by atoms with Crippen molar-refractivity contribution in [3.8, 4) is 0 Å². The molecule has 12 heteroatoms. The third-order valence-electron chi connectivity index (χ3n) is 8.27. The molecule has 3 heterocycles. The van der Waals surface area contributed by atoms with E-state index >= 15 is 0 Å². The van der Waals surface area contributed by atoms with Crippen LogP contribution < -0.4 is 10.2 Å². The number of nitrogens with zero attached hydrogens (tertiary/aromatic N) is 3. The van der Waals surface area contributed by atoms with Gasteiger partial charge in [-0.15, -0.1) is 0 Å². The fourth-order valence-electron chi connectivity index (χ4n) is 5.93. The number of aromatic carboxylic acids is 1. The summed E-state index contributed by atoms with van der Waals surface area (Å²) in [6.07, 6.45) is 0.559. The van der Waals surface area contributed by atoms with Gasteiger partial charge < -0.3 is 20.1 Å². The van der Waals surface area contributed by atoms with Gasteiger partial charge in [-0.1, -0.05) is 0 Å². The second-order valence-corrected chi connectivity index (χ2v) is 10.9. The number of amides is 1. The molecule has 40 heavy (non-hydrogen) atoms. The lowest BCUT2D eigenvalue weighted by Gasteiger charge is -2.48. The first kappa shape index (κ1) is 28.3. The maximum atomic E-state index is 13.9. The number of alkyl halides is 3. The van der Waals surface area contributed by atoms with Crippen LogP contribution in [0.1, 0.15) is 54.1 Å².